The third kappa shape index (κ3) is 3.43. The highest BCUT2D eigenvalue weighted by Crippen LogP contribution is 2.26. The minimum atomic E-state index is -0.410. The Morgan fingerprint density at radius 2 is 2.11 bits per heavy atom. The Balaban J connectivity index is 1.58. The van der Waals surface area contributed by atoms with Crippen molar-refractivity contribution in [2.24, 2.45) is 5.10 Å². The number of aromatic nitrogens is 4. The molecule has 0 spiro atoms. The number of hydrazone groups is 1. The SMILES string of the molecule is Nc1nonc1-c1nc2ccccc2n1CC(=O)NN=Cc1cccc(F)c1. The largest absolute Gasteiger partial charge is 0.379 e. The van der Waals surface area contributed by atoms with Gasteiger partial charge in [-0.25, -0.2) is 19.4 Å². The molecule has 2 aromatic carbocycles. The smallest absolute Gasteiger partial charge is 0.260 e. The Kier molecular flexibility index (Phi) is 4.50. The van der Waals surface area contributed by atoms with E-state index in [1.807, 2.05) is 18.2 Å². The normalized spacial score (nSPS) is 11.3. The summed E-state index contributed by atoms with van der Waals surface area (Å²) in [5.41, 5.74) is 10.3. The molecule has 28 heavy (non-hydrogen) atoms. The fourth-order valence-corrected chi connectivity index (χ4v) is 2.71. The van der Waals surface area contributed by atoms with E-state index < -0.39 is 5.91 Å². The van der Waals surface area contributed by atoms with Crippen LogP contribution >= 0.6 is 0 Å². The fourth-order valence-electron chi connectivity index (χ4n) is 2.71. The molecule has 0 fully saturated rings. The lowest BCUT2D eigenvalue weighted by Crippen LogP contribution is -2.23. The number of nitrogen functional groups attached to an aromatic ring is 1. The van der Waals surface area contributed by atoms with E-state index >= 15 is 0 Å². The van der Waals surface area contributed by atoms with Crippen molar-refractivity contribution in [1.82, 2.24) is 25.3 Å². The molecule has 0 aliphatic heterocycles. The van der Waals surface area contributed by atoms with Gasteiger partial charge in [0, 0.05) is 0 Å². The first-order valence-electron chi connectivity index (χ1n) is 8.23. The standard InChI is InChI=1S/C18H14FN7O2/c19-12-5-3-4-11(8-12)9-21-23-15(27)10-26-14-7-2-1-6-13(14)22-18(26)16-17(20)25-28-24-16/h1-9H,10H2,(H2,20,25)(H,23,27). The summed E-state index contributed by atoms with van der Waals surface area (Å²) in [7, 11) is 0. The molecule has 0 aliphatic rings. The minimum Gasteiger partial charge on any atom is -0.379 e. The molecule has 10 heteroatoms. The lowest BCUT2D eigenvalue weighted by atomic mass is 10.2. The van der Waals surface area contributed by atoms with Gasteiger partial charge in [0.25, 0.3) is 5.91 Å². The Morgan fingerprint density at radius 3 is 2.89 bits per heavy atom. The summed E-state index contributed by atoms with van der Waals surface area (Å²) in [5.74, 6) is -0.374. The van der Waals surface area contributed by atoms with Gasteiger partial charge in [-0.3, -0.25) is 4.79 Å². The number of nitrogens with zero attached hydrogens (tertiary/aromatic N) is 5. The van der Waals surface area contributed by atoms with Crippen LogP contribution in [0.15, 0.2) is 58.3 Å². The van der Waals surface area contributed by atoms with Crippen molar-refractivity contribution < 1.29 is 13.8 Å². The third-order valence-electron chi connectivity index (χ3n) is 3.93. The average Bonchev–Trinajstić information content (AvgIpc) is 3.25. The Labute approximate surface area is 157 Å². The number of carbonyl (C=O) groups is 1. The number of rotatable bonds is 5. The molecule has 4 aromatic rings. The van der Waals surface area contributed by atoms with E-state index in [2.05, 4.69) is 30.5 Å². The first-order valence-corrected chi connectivity index (χ1v) is 8.23. The van der Waals surface area contributed by atoms with Gasteiger partial charge < -0.3 is 10.3 Å². The first kappa shape index (κ1) is 17.3. The number of fused-ring (bicyclic) bond motifs is 1. The molecule has 3 N–H and O–H groups in total. The maximum atomic E-state index is 13.2. The van der Waals surface area contributed by atoms with Crippen LogP contribution in [-0.4, -0.2) is 32.0 Å². The molecule has 2 heterocycles. The zero-order valence-corrected chi connectivity index (χ0v) is 14.4. The van der Waals surface area contributed by atoms with Crippen LogP contribution in [0.4, 0.5) is 10.2 Å². The summed E-state index contributed by atoms with van der Waals surface area (Å²) in [5, 5.41) is 11.2. The van der Waals surface area contributed by atoms with Crippen LogP contribution in [0.1, 0.15) is 5.56 Å². The van der Waals surface area contributed by atoms with Crippen LogP contribution in [0.5, 0.6) is 0 Å². The lowest BCUT2D eigenvalue weighted by molar-refractivity contribution is -0.121. The lowest BCUT2D eigenvalue weighted by Gasteiger charge is -2.06. The van der Waals surface area contributed by atoms with Gasteiger partial charge in [0.1, 0.15) is 12.4 Å². The molecule has 140 valence electrons. The second-order valence-corrected chi connectivity index (χ2v) is 5.86. The van der Waals surface area contributed by atoms with Gasteiger partial charge in [-0.05, 0) is 40.1 Å². The summed E-state index contributed by atoms with van der Waals surface area (Å²) in [6, 6.07) is 13.1. The van der Waals surface area contributed by atoms with Crippen molar-refractivity contribution in [3.05, 3.63) is 59.9 Å². The molecule has 2 aromatic heterocycles. The van der Waals surface area contributed by atoms with Crippen molar-refractivity contribution in [2.75, 3.05) is 5.73 Å². The van der Waals surface area contributed by atoms with Crippen LogP contribution in [-0.2, 0) is 11.3 Å². The summed E-state index contributed by atoms with van der Waals surface area (Å²) in [6.07, 6.45) is 1.35. The summed E-state index contributed by atoms with van der Waals surface area (Å²) in [4.78, 5) is 16.8. The molecule has 0 saturated carbocycles. The average molecular weight is 379 g/mol. The number of hydrogen-bond acceptors (Lipinski definition) is 7. The van der Waals surface area contributed by atoms with Crippen molar-refractivity contribution in [3.8, 4) is 11.5 Å². The highest BCUT2D eigenvalue weighted by atomic mass is 19.1. The van der Waals surface area contributed by atoms with Crippen LogP contribution in [0.25, 0.3) is 22.6 Å². The summed E-state index contributed by atoms with van der Waals surface area (Å²) < 4.78 is 19.5. The van der Waals surface area contributed by atoms with Crippen LogP contribution in [0.3, 0.4) is 0 Å². The second-order valence-electron chi connectivity index (χ2n) is 5.86. The van der Waals surface area contributed by atoms with Crippen molar-refractivity contribution in [1.29, 1.82) is 0 Å². The Hall–Kier alpha value is -4.08. The molecule has 0 atom stereocenters. The molecular weight excluding hydrogens is 365 g/mol. The molecule has 9 nitrogen and oxygen atoms in total. The minimum absolute atomic E-state index is 0.0705. The number of halogens is 1. The van der Waals surface area contributed by atoms with Crippen molar-refractivity contribution in [2.45, 2.75) is 6.54 Å². The molecular formula is C18H14FN7O2. The number of anilines is 1. The fraction of sp³-hybridized carbons (Fsp3) is 0.0556. The van der Waals surface area contributed by atoms with Gasteiger partial charge in [0.15, 0.2) is 17.3 Å². The van der Waals surface area contributed by atoms with E-state index in [4.69, 9.17) is 5.73 Å². The van der Waals surface area contributed by atoms with Crippen LogP contribution < -0.4 is 11.2 Å². The maximum absolute atomic E-state index is 13.2. The number of nitrogens with one attached hydrogen (secondary N) is 1. The van der Waals surface area contributed by atoms with Crippen molar-refractivity contribution in [3.63, 3.8) is 0 Å². The highest BCUT2D eigenvalue weighted by Gasteiger charge is 2.20. The molecule has 0 bridgehead atoms. The predicted molar refractivity (Wildman–Crippen MR) is 99.6 cm³/mol. The van der Waals surface area contributed by atoms with Gasteiger partial charge in [-0.1, -0.05) is 24.3 Å². The number of nitrogens with two attached hydrogens (primary N) is 1. The third-order valence-corrected chi connectivity index (χ3v) is 3.93. The summed E-state index contributed by atoms with van der Waals surface area (Å²) in [6.45, 7) is -0.0946. The first-order chi connectivity index (χ1) is 13.6. The molecule has 0 aliphatic carbocycles. The number of benzene rings is 2. The highest BCUT2D eigenvalue weighted by molar-refractivity contribution is 5.86. The van der Waals surface area contributed by atoms with E-state index in [-0.39, 0.29) is 23.9 Å². The predicted octanol–water partition coefficient (Wildman–Crippen LogP) is 1.96. The number of hydrogen-bond donors (Lipinski definition) is 2. The Bertz CT molecular complexity index is 1180. The molecule has 4 rings (SSSR count). The second kappa shape index (κ2) is 7.27. The molecule has 1 amide bonds. The quantitative estimate of drug-likeness (QED) is 0.403. The molecule has 0 radical (unpaired) electrons. The van der Waals surface area contributed by atoms with Gasteiger partial charge in [0.05, 0.1) is 17.2 Å². The Morgan fingerprint density at radius 1 is 1.25 bits per heavy atom. The summed E-state index contributed by atoms with van der Waals surface area (Å²) >= 11 is 0. The monoisotopic (exact) mass is 379 g/mol. The van der Waals surface area contributed by atoms with Gasteiger partial charge >= 0.3 is 0 Å². The van der Waals surface area contributed by atoms with Gasteiger partial charge in [-0.2, -0.15) is 5.10 Å². The van der Waals surface area contributed by atoms with Gasteiger partial charge in [-0.15, -0.1) is 0 Å². The molecule has 0 saturated heterocycles. The van der Waals surface area contributed by atoms with E-state index in [1.165, 1.54) is 18.3 Å². The molecule has 0 unspecified atom stereocenters. The van der Waals surface area contributed by atoms with E-state index in [0.717, 1.165) is 0 Å². The van der Waals surface area contributed by atoms with Crippen LogP contribution in [0.2, 0.25) is 0 Å². The zero-order valence-electron chi connectivity index (χ0n) is 14.4. The van der Waals surface area contributed by atoms with Crippen LogP contribution in [0, 0.1) is 5.82 Å². The van der Waals surface area contributed by atoms with E-state index in [0.29, 0.717) is 22.4 Å². The number of para-hydroxylation sites is 2. The number of imidazole rings is 1. The zero-order chi connectivity index (χ0) is 19.5. The van der Waals surface area contributed by atoms with E-state index in [9.17, 15) is 9.18 Å². The number of carbonyl (C=O) groups excluding carboxylic acids is 1. The van der Waals surface area contributed by atoms with E-state index in [1.54, 1.807) is 22.8 Å². The topological polar surface area (TPSA) is 124 Å². The van der Waals surface area contributed by atoms with Crippen molar-refractivity contribution >= 4 is 29.0 Å². The maximum Gasteiger partial charge on any atom is 0.260 e. The number of amides is 1. The van der Waals surface area contributed by atoms with Gasteiger partial charge in [0.2, 0.25) is 0 Å².